The lowest BCUT2D eigenvalue weighted by Gasteiger charge is -2.03. The van der Waals surface area contributed by atoms with Crippen LogP contribution in [-0.2, 0) is 0 Å². The van der Waals surface area contributed by atoms with Crippen molar-refractivity contribution >= 4 is 12.2 Å². The van der Waals surface area contributed by atoms with Crippen LogP contribution in [0.2, 0.25) is 0 Å². The molecule has 0 bridgehead atoms. The van der Waals surface area contributed by atoms with E-state index in [0.29, 0.717) is 11.3 Å². The molecule has 0 radical (unpaired) electrons. The lowest BCUT2D eigenvalue weighted by Crippen LogP contribution is -1.83. The van der Waals surface area contributed by atoms with E-state index in [9.17, 15) is 5.11 Å². The Morgan fingerprint density at radius 2 is 1.62 bits per heavy atom. The third-order valence-electron chi connectivity index (χ3n) is 2.93. The van der Waals surface area contributed by atoms with Gasteiger partial charge < -0.3 is 9.84 Å². The number of nitrogens with zero attached hydrogens (tertiary/aromatic N) is 1. The molecule has 0 aliphatic heterocycles. The topological polar surface area (TPSA) is 53.2 Å². The molecule has 3 heteroatoms. The van der Waals surface area contributed by atoms with Gasteiger partial charge in [0, 0.05) is 0 Å². The van der Waals surface area contributed by atoms with Crippen LogP contribution in [0.15, 0.2) is 54.6 Å². The molecule has 3 nitrogen and oxygen atoms in total. The Labute approximate surface area is 124 Å². The molecule has 2 aromatic carbocycles. The lowest BCUT2D eigenvalue weighted by atomic mass is 10.1. The van der Waals surface area contributed by atoms with Gasteiger partial charge in [-0.2, -0.15) is 5.26 Å². The molecule has 0 saturated heterocycles. The number of phenolic OH excluding ortho intramolecular Hbond substituents is 1. The summed E-state index contributed by atoms with van der Waals surface area (Å²) in [6, 6.07) is 14.6. The number of hydrogen-bond donors (Lipinski definition) is 1. The fraction of sp³-hybridized carbons (Fsp3) is 0.0556. The van der Waals surface area contributed by atoms with Crippen LogP contribution in [0.1, 0.15) is 16.7 Å². The van der Waals surface area contributed by atoms with Crippen LogP contribution >= 0.6 is 0 Å². The van der Waals surface area contributed by atoms with Gasteiger partial charge in [0.1, 0.15) is 0 Å². The van der Waals surface area contributed by atoms with E-state index in [0.717, 1.165) is 11.1 Å². The minimum Gasteiger partial charge on any atom is -0.504 e. The predicted octanol–water partition coefficient (Wildman–Crippen LogP) is 4.00. The second-order valence-electron chi connectivity index (χ2n) is 4.38. The normalized spacial score (nSPS) is 10.9. The first-order valence-electron chi connectivity index (χ1n) is 6.45. The molecular formula is C18H15NO2. The number of aromatic hydroxyl groups is 1. The highest BCUT2D eigenvalue weighted by Gasteiger charge is 1.99. The van der Waals surface area contributed by atoms with Crippen LogP contribution < -0.4 is 4.74 Å². The average Bonchev–Trinajstić information content (AvgIpc) is 2.53. The van der Waals surface area contributed by atoms with Gasteiger partial charge in [-0.3, -0.25) is 0 Å². The molecule has 0 fully saturated rings. The summed E-state index contributed by atoms with van der Waals surface area (Å²) in [5.74, 6) is 0.580. The summed E-state index contributed by atoms with van der Waals surface area (Å²) < 4.78 is 5.05. The van der Waals surface area contributed by atoms with E-state index in [-0.39, 0.29) is 5.75 Å². The molecule has 2 rings (SSSR count). The maximum atomic E-state index is 9.51. The number of nitriles is 1. The summed E-state index contributed by atoms with van der Waals surface area (Å²) in [6.45, 7) is 0. The number of allylic oxidation sites excluding steroid dienone is 2. The molecule has 21 heavy (non-hydrogen) atoms. The van der Waals surface area contributed by atoms with Crippen LogP contribution in [0.3, 0.4) is 0 Å². The van der Waals surface area contributed by atoms with Gasteiger partial charge in [-0.15, -0.1) is 0 Å². The molecule has 2 aromatic rings. The van der Waals surface area contributed by atoms with Crippen molar-refractivity contribution in [2.75, 3.05) is 7.11 Å². The van der Waals surface area contributed by atoms with Crippen molar-refractivity contribution in [2.45, 2.75) is 0 Å². The molecule has 0 aliphatic carbocycles. The first-order valence-corrected chi connectivity index (χ1v) is 6.45. The fourth-order valence-corrected chi connectivity index (χ4v) is 1.80. The molecular weight excluding hydrogens is 262 g/mol. The number of phenols is 1. The van der Waals surface area contributed by atoms with Gasteiger partial charge in [0.05, 0.1) is 18.7 Å². The minimum absolute atomic E-state index is 0.128. The zero-order valence-corrected chi connectivity index (χ0v) is 11.7. The van der Waals surface area contributed by atoms with Gasteiger partial charge in [-0.25, -0.2) is 0 Å². The van der Waals surface area contributed by atoms with Gasteiger partial charge in [-0.1, -0.05) is 42.5 Å². The van der Waals surface area contributed by atoms with Gasteiger partial charge in [-0.05, 0) is 35.4 Å². The van der Waals surface area contributed by atoms with Gasteiger partial charge in [0.15, 0.2) is 11.5 Å². The van der Waals surface area contributed by atoms with Crippen LogP contribution in [-0.4, -0.2) is 12.2 Å². The number of benzene rings is 2. The zero-order valence-electron chi connectivity index (χ0n) is 11.7. The average molecular weight is 277 g/mol. The van der Waals surface area contributed by atoms with E-state index >= 15 is 0 Å². The van der Waals surface area contributed by atoms with E-state index in [2.05, 4.69) is 6.07 Å². The van der Waals surface area contributed by atoms with Crippen molar-refractivity contribution in [3.05, 3.63) is 71.3 Å². The Morgan fingerprint density at radius 3 is 2.24 bits per heavy atom. The summed E-state index contributed by atoms with van der Waals surface area (Å²) in [6.07, 6.45) is 7.70. The van der Waals surface area contributed by atoms with E-state index in [1.807, 2.05) is 42.5 Å². The van der Waals surface area contributed by atoms with Crippen LogP contribution in [0.5, 0.6) is 11.5 Å². The Balaban J connectivity index is 2.04. The van der Waals surface area contributed by atoms with Crippen LogP contribution in [0, 0.1) is 11.3 Å². The number of ether oxygens (including phenoxy) is 1. The third kappa shape index (κ3) is 3.99. The van der Waals surface area contributed by atoms with E-state index in [1.165, 1.54) is 7.11 Å². The quantitative estimate of drug-likeness (QED) is 0.859. The summed E-state index contributed by atoms with van der Waals surface area (Å²) >= 11 is 0. The van der Waals surface area contributed by atoms with Crippen molar-refractivity contribution in [1.82, 2.24) is 0 Å². The first-order chi connectivity index (χ1) is 10.2. The van der Waals surface area contributed by atoms with Gasteiger partial charge in [0.25, 0.3) is 0 Å². The van der Waals surface area contributed by atoms with Crippen molar-refractivity contribution in [3.63, 3.8) is 0 Å². The number of methoxy groups -OCH3 is 1. The molecule has 0 saturated carbocycles. The molecule has 0 unspecified atom stereocenters. The summed E-state index contributed by atoms with van der Waals surface area (Å²) in [7, 11) is 1.52. The fourth-order valence-electron chi connectivity index (χ4n) is 1.80. The van der Waals surface area contributed by atoms with Crippen molar-refractivity contribution < 1.29 is 9.84 Å². The molecule has 0 aromatic heterocycles. The Hall–Kier alpha value is -2.99. The SMILES string of the molecule is COc1cc(/C=C/C=C/c2ccc(C#N)cc2)ccc1O. The second-order valence-corrected chi connectivity index (χ2v) is 4.38. The number of rotatable bonds is 4. The second kappa shape index (κ2) is 6.97. The van der Waals surface area contributed by atoms with E-state index in [1.54, 1.807) is 24.3 Å². The summed E-state index contributed by atoms with van der Waals surface area (Å²) in [4.78, 5) is 0. The molecule has 0 atom stereocenters. The van der Waals surface area contributed by atoms with Crippen LogP contribution in [0.25, 0.3) is 12.2 Å². The minimum atomic E-state index is 0.128. The van der Waals surface area contributed by atoms with Gasteiger partial charge in [0.2, 0.25) is 0 Å². The lowest BCUT2D eigenvalue weighted by molar-refractivity contribution is 0.373. The van der Waals surface area contributed by atoms with E-state index in [4.69, 9.17) is 10.00 Å². The predicted molar refractivity (Wildman–Crippen MR) is 83.9 cm³/mol. The third-order valence-corrected chi connectivity index (χ3v) is 2.93. The summed E-state index contributed by atoms with van der Waals surface area (Å²) in [5.41, 5.74) is 2.62. The molecule has 0 spiro atoms. The van der Waals surface area contributed by atoms with Crippen molar-refractivity contribution in [2.24, 2.45) is 0 Å². The van der Waals surface area contributed by atoms with Crippen molar-refractivity contribution in [1.29, 1.82) is 5.26 Å². The number of hydrogen-bond acceptors (Lipinski definition) is 3. The Kier molecular flexibility index (Phi) is 4.79. The highest BCUT2D eigenvalue weighted by Crippen LogP contribution is 2.26. The molecule has 104 valence electrons. The zero-order chi connectivity index (χ0) is 15.1. The largest absolute Gasteiger partial charge is 0.504 e. The smallest absolute Gasteiger partial charge is 0.161 e. The maximum Gasteiger partial charge on any atom is 0.161 e. The highest BCUT2D eigenvalue weighted by atomic mass is 16.5. The van der Waals surface area contributed by atoms with Gasteiger partial charge >= 0.3 is 0 Å². The molecule has 0 amide bonds. The maximum absolute atomic E-state index is 9.51. The first kappa shape index (κ1) is 14.4. The standard InChI is InChI=1S/C18H15NO2/c1-21-18-12-15(10-11-17(18)20)5-3-2-4-14-6-8-16(13-19)9-7-14/h2-12,20H,1H3/b4-2+,5-3+. The Morgan fingerprint density at radius 1 is 1.00 bits per heavy atom. The highest BCUT2D eigenvalue weighted by molar-refractivity contribution is 5.60. The van der Waals surface area contributed by atoms with E-state index < -0.39 is 0 Å². The molecule has 0 aliphatic rings. The molecule has 1 N–H and O–H groups in total. The monoisotopic (exact) mass is 277 g/mol. The Bertz CT molecular complexity index is 707. The van der Waals surface area contributed by atoms with Crippen molar-refractivity contribution in [3.8, 4) is 17.6 Å². The van der Waals surface area contributed by atoms with Crippen LogP contribution in [0.4, 0.5) is 0 Å². The molecule has 0 heterocycles. The summed E-state index contributed by atoms with van der Waals surface area (Å²) in [5, 5.41) is 18.2.